The lowest BCUT2D eigenvalue weighted by Crippen LogP contribution is -2.17. The number of thiophene rings is 1. The van der Waals surface area contributed by atoms with Gasteiger partial charge in [-0.05, 0) is 64.9 Å². The first-order chi connectivity index (χ1) is 13.6. The van der Waals surface area contributed by atoms with Crippen molar-refractivity contribution in [2.24, 2.45) is 5.92 Å². The molecule has 0 radical (unpaired) electrons. The molecule has 0 aliphatic heterocycles. The van der Waals surface area contributed by atoms with Crippen molar-refractivity contribution < 1.29 is 4.79 Å². The van der Waals surface area contributed by atoms with Gasteiger partial charge in [-0.3, -0.25) is 10.1 Å². The zero-order valence-corrected chi connectivity index (χ0v) is 17.6. The second-order valence-electron chi connectivity index (χ2n) is 7.35. The third kappa shape index (κ3) is 4.34. The minimum Gasteiger partial charge on any atom is -0.343 e. The summed E-state index contributed by atoms with van der Waals surface area (Å²) in [5.74, 6) is 0.451. The van der Waals surface area contributed by atoms with Crippen molar-refractivity contribution >= 4 is 43.9 Å². The molecule has 6 heteroatoms. The first kappa shape index (κ1) is 18.9. The Labute approximate surface area is 172 Å². The molecule has 4 nitrogen and oxygen atoms in total. The van der Waals surface area contributed by atoms with Gasteiger partial charge in [-0.25, -0.2) is 4.98 Å². The van der Waals surface area contributed by atoms with E-state index >= 15 is 0 Å². The quantitative estimate of drug-likeness (QED) is 0.416. The number of fused-ring (bicyclic) bond motifs is 1. The lowest BCUT2D eigenvalue weighted by molar-refractivity contribution is 0.101. The molecule has 0 atom stereocenters. The van der Waals surface area contributed by atoms with Crippen LogP contribution in [0.1, 0.15) is 35.5 Å². The van der Waals surface area contributed by atoms with Crippen LogP contribution in [0.5, 0.6) is 0 Å². The van der Waals surface area contributed by atoms with Crippen LogP contribution in [0, 0.1) is 5.92 Å². The molecule has 144 valence electrons. The maximum Gasteiger partial charge on any atom is 0.274 e. The van der Waals surface area contributed by atoms with Crippen molar-refractivity contribution in [1.82, 2.24) is 9.55 Å². The number of carbonyl (C=O) groups is 1. The molecule has 0 aliphatic carbocycles. The normalized spacial score (nSPS) is 11.4. The van der Waals surface area contributed by atoms with Crippen molar-refractivity contribution in [3.8, 4) is 0 Å². The largest absolute Gasteiger partial charge is 0.343 e. The molecule has 0 bridgehead atoms. The molecule has 1 aromatic carbocycles. The molecule has 3 aromatic heterocycles. The molecule has 28 heavy (non-hydrogen) atoms. The van der Waals surface area contributed by atoms with Gasteiger partial charge >= 0.3 is 0 Å². The number of amides is 1. The molecular weight excluding hydrogens is 386 g/mol. The summed E-state index contributed by atoms with van der Waals surface area (Å²) in [5.41, 5.74) is 4.12. The number of para-hydroxylation sites is 1. The van der Waals surface area contributed by atoms with Crippen LogP contribution in [0.3, 0.4) is 0 Å². The zero-order valence-electron chi connectivity index (χ0n) is 16.0. The summed E-state index contributed by atoms with van der Waals surface area (Å²) in [6.45, 7) is 5.19. The second-order valence-corrected chi connectivity index (χ2v) is 9.16. The van der Waals surface area contributed by atoms with Gasteiger partial charge in [0.25, 0.3) is 5.91 Å². The fourth-order valence-corrected chi connectivity index (χ4v) is 4.86. The van der Waals surface area contributed by atoms with Crippen molar-refractivity contribution in [3.05, 3.63) is 70.2 Å². The summed E-state index contributed by atoms with van der Waals surface area (Å²) in [4.78, 5) is 17.5. The Morgan fingerprint density at radius 3 is 2.82 bits per heavy atom. The van der Waals surface area contributed by atoms with E-state index in [2.05, 4.69) is 51.7 Å². The topological polar surface area (TPSA) is 46.9 Å². The Balaban J connectivity index is 1.56. The van der Waals surface area contributed by atoms with Gasteiger partial charge in [0, 0.05) is 12.7 Å². The highest BCUT2D eigenvalue weighted by Gasteiger charge is 2.16. The predicted octanol–water partition coefficient (Wildman–Crippen LogP) is 5.85. The molecule has 0 spiro atoms. The summed E-state index contributed by atoms with van der Waals surface area (Å²) in [7, 11) is 0. The van der Waals surface area contributed by atoms with Crippen molar-refractivity contribution in [3.63, 3.8) is 0 Å². The fraction of sp³-hybridized carbons (Fsp3) is 0.273. The Morgan fingerprint density at radius 1 is 1.21 bits per heavy atom. The van der Waals surface area contributed by atoms with Crippen LogP contribution in [-0.2, 0) is 19.4 Å². The van der Waals surface area contributed by atoms with Gasteiger partial charge in [0.1, 0.15) is 5.69 Å². The number of aryl methyl sites for hydroxylation is 2. The van der Waals surface area contributed by atoms with Crippen LogP contribution >= 0.6 is 22.7 Å². The van der Waals surface area contributed by atoms with Gasteiger partial charge in [-0.15, -0.1) is 0 Å². The molecule has 0 aliphatic rings. The highest BCUT2D eigenvalue weighted by Crippen LogP contribution is 2.26. The molecule has 1 N–H and O–H groups in total. The van der Waals surface area contributed by atoms with E-state index in [0.717, 1.165) is 29.6 Å². The first-order valence-corrected chi connectivity index (χ1v) is 11.2. The summed E-state index contributed by atoms with van der Waals surface area (Å²) in [5, 5.41) is 7.90. The third-order valence-corrected chi connectivity index (χ3v) is 6.25. The second kappa shape index (κ2) is 8.29. The van der Waals surface area contributed by atoms with E-state index in [4.69, 9.17) is 0 Å². The van der Waals surface area contributed by atoms with Crippen molar-refractivity contribution in [2.75, 3.05) is 5.32 Å². The van der Waals surface area contributed by atoms with E-state index in [0.29, 0.717) is 16.7 Å². The number of anilines is 1. The lowest BCUT2D eigenvalue weighted by Gasteiger charge is -2.08. The van der Waals surface area contributed by atoms with Crippen LogP contribution in [-0.4, -0.2) is 15.5 Å². The molecular formula is C22H23N3OS2. The third-order valence-electron chi connectivity index (χ3n) is 4.57. The van der Waals surface area contributed by atoms with Crippen molar-refractivity contribution in [1.29, 1.82) is 0 Å². The molecule has 0 saturated heterocycles. The number of benzene rings is 1. The van der Waals surface area contributed by atoms with Crippen LogP contribution in [0.15, 0.2) is 53.4 Å². The predicted molar refractivity (Wildman–Crippen MR) is 119 cm³/mol. The highest BCUT2D eigenvalue weighted by molar-refractivity contribution is 7.22. The average Bonchev–Trinajstić information content (AvgIpc) is 3.38. The number of nitrogens with zero attached hydrogens (tertiary/aromatic N) is 2. The number of hydrogen-bond acceptors (Lipinski definition) is 4. The van der Waals surface area contributed by atoms with E-state index in [1.165, 1.54) is 22.5 Å². The summed E-state index contributed by atoms with van der Waals surface area (Å²) in [6, 6.07) is 12.1. The van der Waals surface area contributed by atoms with Crippen LogP contribution in [0.2, 0.25) is 0 Å². The molecule has 0 fully saturated rings. The average molecular weight is 410 g/mol. The van der Waals surface area contributed by atoms with E-state index in [9.17, 15) is 4.79 Å². The van der Waals surface area contributed by atoms with Gasteiger partial charge < -0.3 is 4.57 Å². The van der Waals surface area contributed by atoms with Gasteiger partial charge in [0.2, 0.25) is 0 Å². The number of nitrogens with one attached hydrogen (secondary N) is 1. The first-order valence-electron chi connectivity index (χ1n) is 9.45. The number of thiazole rings is 1. The van der Waals surface area contributed by atoms with Crippen LogP contribution in [0.25, 0.3) is 10.2 Å². The van der Waals surface area contributed by atoms with E-state index in [1.54, 1.807) is 11.3 Å². The van der Waals surface area contributed by atoms with Gasteiger partial charge in [-0.1, -0.05) is 37.3 Å². The maximum atomic E-state index is 13.0. The fourth-order valence-electron chi connectivity index (χ4n) is 3.30. The number of carbonyl (C=O) groups excluding carboxylic acids is 1. The molecule has 4 rings (SSSR count). The monoisotopic (exact) mass is 409 g/mol. The summed E-state index contributed by atoms with van der Waals surface area (Å²) in [6.07, 6.45) is 4.01. The maximum absolute atomic E-state index is 13.0. The summed E-state index contributed by atoms with van der Waals surface area (Å²) >= 11 is 3.21. The van der Waals surface area contributed by atoms with E-state index in [-0.39, 0.29) is 5.91 Å². The highest BCUT2D eigenvalue weighted by atomic mass is 32.1. The van der Waals surface area contributed by atoms with Crippen LogP contribution in [0.4, 0.5) is 5.13 Å². The summed E-state index contributed by atoms with van der Waals surface area (Å²) < 4.78 is 3.16. The number of hydrogen-bond donors (Lipinski definition) is 1. The number of aromatic nitrogens is 2. The standard InChI is InChI=1S/C22H23N3OS2/c1-15(2)11-17-12-19(25(13-17)9-7-16-8-10-27-14-16)21(26)24-22-23-18-5-3-4-6-20(18)28-22/h3-6,8,10,12-15H,7,9,11H2,1-2H3,(H,23,24,26). The SMILES string of the molecule is CC(C)Cc1cc(C(=O)Nc2nc3ccccc3s2)n(CCc2ccsc2)c1. The Hall–Kier alpha value is -2.44. The van der Waals surface area contributed by atoms with Gasteiger partial charge in [0.15, 0.2) is 5.13 Å². The number of rotatable bonds is 7. The zero-order chi connectivity index (χ0) is 19.5. The Kier molecular flexibility index (Phi) is 5.59. The van der Waals surface area contributed by atoms with Gasteiger partial charge in [-0.2, -0.15) is 11.3 Å². The smallest absolute Gasteiger partial charge is 0.274 e. The van der Waals surface area contributed by atoms with Crippen LogP contribution < -0.4 is 5.32 Å². The Morgan fingerprint density at radius 2 is 2.07 bits per heavy atom. The molecule has 4 aromatic rings. The van der Waals surface area contributed by atoms with Crippen molar-refractivity contribution in [2.45, 2.75) is 33.2 Å². The molecule has 1 amide bonds. The Bertz CT molecular complexity index is 1040. The minimum atomic E-state index is -0.0978. The van der Waals surface area contributed by atoms with E-state index in [1.807, 2.05) is 30.3 Å². The lowest BCUT2D eigenvalue weighted by atomic mass is 10.1. The van der Waals surface area contributed by atoms with Gasteiger partial charge in [0.05, 0.1) is 10.2 Å². The molecule has 3 heterocycles. The molecule has 0 unspecified atom stereocenters. The molecule has 0 saturated carbocycles. The minimum absolute atomic E-state index is 0.0978. The van der Waals surface area contributed by atoms with E-state index < -0.39 is 0 Å².